The minimum Gasteiger partial charge on any atom is -0.346 e. The van der Waals surface area contributed by atoms with Crippen LogP contribution >= 0.6 is 11.6 Å². The second-order valence-corrected chi connectivity index (χ2v) is 7.16. The van der Waals surface area contributed by atoms with Crippen LogP contribution in [0.25, 0.3) is 22.2 Å². The Morgan fingerprint density at radius 2 is 1.88 bits per heavy atom. The summed E-state index contributed by atoms with van der Waals surface area (Å²) in [6.07, 6.45) is 1.63. The van der Waals surface area contributed by atoms with Gasteiger partial charge in [-0.05, 0) is 36.6 Å². The van der Waals surface area contributed by atoms with E-state index in [0.29, 0.717) is 11.6 Å². The molecule has 0 radical (unpaired) electrons. The van der Waals surface area contributed by atoms with E-state index in [0.717, 1.165) is 46.1 Å². The Hall–Kier alpha value is -2.59. The fourth-order valence-corrected chi connectivity index (χ4v) is 3.89. The summed E-state index contributed by atoms with van der Waals surface area (Å²) in [5.74, 6) is 0.0549. The van der Waals surface area contributed by atoms with Crippen molar-refractivity contribution in [2.75, 3.05) is 13.6 Å². The first-order chi connectivity index (χ1) is 12.5. The van der Waals surface area contributed by atoms with E-state index in [1.807, 2.05) is 49.5 Å². The third kappa shape index (κ3) is 2.53. The van der Waals surface area contributed by atoms with Crippen molar-refractivity contribution < 1.29 is 9.59 Å². The molecule has 2 aromatic carbocycles. The van der Waals surface area contributed by atoms with Crippen LogP contribution in [0.1, 0.15) is 29.3 Å². The summed E-state index contributed by atoms with van der Waals surface area (Å²) in [7, 11) is 1.81. The first-order valence-electron chi connectivity index (χ1n) is 8.67. The van der Waals surface area contributed by atoms with Crippen molar-refractivity contribution in [1.82, 2.24) is 9.47 Å². The van der Waals surface area contributed by atoms with E-state index >= 15 is 0 Å². The van der Waals surface area contributed by atoms with Crippen LogP contribution in [-0.4, -0.2) is 34.9 Å². The van der Waals surface area contributed by atoms with Gasteiger partial charge in [0.15, 0.2) is 0 Å². The van der Waals surface area contributed by atoms with E-state index in [9.17, 15) is 9.59 Å². The fourth-order valence-electron chi connectivity index (χ4n) is 3.72. The van der Waals surface area contributed by atoms with Gasteiger partial charge >= 0.3 is 0 Å². The van der Waals surface area contributed by atoms with E-state index < -0.39 is 0 Å². The SMILES string of the molecule is CC(=O)N(C)CCCc1c2n(c3cc(Cl)ccc13)C(=O)c1ccccc1-2. The van der Waals surface area contributed by atoms with Gasteiger partial charge in [-0.15, -0.1) is 0 Å². The Labute approximate surface area is 157 Å². The van der Waals surface area contributed by atoms with Crippen molar-refractivity contribution in [3.63, 3.8) is 0 Å². The number of nitrogens with zero attached hydrogens (tertiary/aromatic N) is 2. The number of amides is 1. The van der Waals surface area contributed by atoms with Gasteiger partial charge in [0, 0.05) is 42.1 Å². The summed E-state index contributed by atoms with van der Waals surface area (Å²) in [6.45, 7) is 2.26. The van der Waals surface area contributed by atoms with Crippen molar-refractivity contribution in [2.24, 2.45) is 0 Å². The Kier molecular flexibility index (Phi) is 4.08. The monoisotopic (exact) mass is 366 g/mol. The summed E-state index contributed by atoms with van der Waals surface area (Å²) in [6, 6.07) is 13.4. The molecule has 4 nitrogen and oxygen atoms in total. The average Bonchev–Trinajstić information content (AvgIpc) is 3.09. The van der Waals surface area contributed by atoms with Crippen molar-refractivity contribution in [2.45, 2.75) is 19.8 Å². The van der Waals surface area contributed by atoms with Crippen LogP contribution in [0.15, 0.2) is 42.5 Å². The molecular formula is C21H19ClN2O2. The summed E-state index contributed by atoms with van der Waals surface area (Å²) >= 11 is 6.20. The number of rotatable bonds is 4. The second kappa shape index (κ2) is 6.29. The third-order valence-electron chi connectivity index (χ3n) is 5.11. The van der Waals surface area contributed by atoms with E-state index in [-0.39, 0.29) is 11.8 Å². The van der Waals surface area contributed by atoms with Crippen LogP contribution in [0, 0.1) is 0 Å². The van der Waals surface area contributed by atoms with Crippen molar-refractivity contribution in [1.29, 1.82) is 0 Å². The molecular weight excluding hydrogens is 348 g/mol. The average molecular weight is 367 g/mol. The lowest BCUT2D eigenvalue weighted by Gasteiger charge is -2.14. The Balaban J connectivity index is 1.83. The molecule has 132 valence electrons. The highest BCUT2D eigenvalue weighted by Gasteiger charge is 2.31. The standard InChI is InChI=1S/C21H19ClN2O2/c1-13(25)23(2)11-5-8-16-15-10-9-14(22)12-19(15)24-20(16)17-6-3-4-7-18(17)21(24)26/h3-4,6-7,9-10,12H,5,8,11H2,1-2H3. The summed E-state index contributed by atoms with van der Waals surface area (Å²) < 4.78 is 1.79. The fraction of sp³-hybridized carbons (Fsp3) is 0.238. The number of aryl methyl sites for hydroxylation is 1. The van der Waals surface area contributed by atoms with E-state index in [2.05, 4.69) is 0 Å². The highest BCUT2D eigenvalue weighted by Crippen LogP contribution is 2.42. The number of fused-ring (bicyclic) bond motifs is 5. The predicted octanol–water partition coefficient (Wildman–Crippen LogP) is 4.37. The third-order valence-corrected chi connectivity index (χ3v) is 5.34. The maximum atomic E-state index is 13.0. The number of carbonyl (C=O) groups is 2. The number of aromatic nitrogens is 1. The van der Waals surface area contributed by atoms with E-state index in [1.165, 1.54) is 0 Å². The van der Waals surface area contributed by atoms with Crippen LogP contribution in [-0.2, 0) is 11.2 Å². The largest absolute Gasteiger partial charge is 0.346 e. The molecule has 1 aliphatic heterocycles. The second-order valence-electron chi connectivity index (χ2n) is 6.72. The summed E-state index contributed by atoms with van der Waals surface area (Å²) in [4.78, 5) is 26.1. The Bertz CT molecular complexity index is 1050. The molecule has 1 aromatic heterocycles. The summed E-state index contributed by atoms with van der Waals surface area (Å²) in [5.41, 5.74) is 4.66. The Morgan fingerprint density at radius 3 is 2.62 bits per heavy atom. The van der Waals surface area contributed by atoms with Crippen LogP contribution < -0.4 is 0 Å². The molecule has 0 unspecified atom stereocenters. The van der Waals surface area contributed by atoms with Crippen LogP contribution in [0.5, 0.6) is 0 Å². The normalized spacial score (nSPS) is 12.3. The van der Waals surface area contributed by atoms with Crippen molar-refractivity contribution in [3.05, 3.63) is 58.6 Å². The number of benzene rings is 2. The molecule has 0 saturated heterocycles. The maximum absolute atomic E-state index is 13.0. The van der Waals surface area contributed by atoms with E-state index in [4.69, 9.17) is 11.6 Å². The zero-order valence-electron chi connectivity index (χ0n) is 14.8. The molecule has 4 rings (SSSR count). The van der Waals surface area contributed by atoms with Gasteiger partial charge in [0.05, 0.1) is 11.2 Å². The lowest BCUT2D eigenvalue weighted by atomic mass is 9.99. The van der Waals surface area contributed by atoms with Gasteiger partial charge in [-0.2, -0.15) is 0 Å². The molecule has 0 bridgehead atoms. The van der Waals surface area contributed by atoms with Gasteiger partial charge in [-0.25, -0.2) is 0 Å². The molecule has 5 heteroatoms. The van der Waals surface area contributed by atoms with Gasteiger partial charge in [0.2, 0.25) is 5.91 Å². The molecule has 26 heavy (non-hydrogen) atoms. The topological polar surface area (TPSA) is 42.3 Å². The minimum absolute atomic E-state index is 0.00466. The molecule has 0 spiro atoms. The molecule has 0 saturated carbocycles. The Morgan fingerprint density at radius 1 is 1.15 bits per heavy atom. The number of halogens is 1. The number of hydrogen-bond acceptors (Lipinski definition) is 2. The van der Waals surface area contributed by atoms with Gasteiger partial charge in [0.25, 0.3) is 5.91 Å². The molecule has 0 atom stereocenters. The lowest BCUT2D eigenvalue weighted by molar-refractivity contribution is -0.127. The highest BCUT2D eigenvalue weighted by atomic mass is 35.5. The molecule has 0 aliphatic carbocycles. The molecule has 3 aromatic rings. The maximum Gasteiger partial charge on any atom is 0.263 e. The first kappa shape index (κ1) is 16.9. The van der Waals surface area contributed by atoms with Crippen molar-refractivity contribution >= 4 is 34.3 Å². The van der Waals surface area contributed by atoms with E-state index in [1.54, 1.807) is 16.4 Å². The first-order valence-corrected chi connectivity index (χ1v) is 9.05. The lowest BCUT2D eigenvalue weighted by Crippen LogP contribution is -2.25. The van der Waals surface area contributed by atoms with Crippen LogP contribution in [0.3, 0.4) is 0 Å². The predicted molar refractivity (Wildman–Crippen MR) is 104 cm³/mol. The molecule has 0 N–H and O–H groups in total. The van der Waals surface area contributed by atoms with Crippen molar-refractivity contribution in [3.8, 4) is 11.3 Å². The summed E-state index contributed by atoms with van der Waals surface area (Å²) in [5, 5.41) is 1.67. The molecule has 1 aliphatic rings. The smallest absolute Gasteiger partial charge is 0.263 e. The molecule has 2 heterocycles. The number of carbonyl (C=O) groups excluding carboxylic acids is 2. The van der Waals surface area contributed by atoms with Gasteiger partial charge in [0.1, 0.15) is 0 Å². The van der Waals surface area contributed by atoms with Crippen LogP contribution in [0.2, 0.25) is 5.02 Å². The molecule has 0 fully saturated rings. The van der Waals surface area contributed by atoms with Gasteiger partial charge in [-0.1, -0.05) is 35.9 Å². The zero-order chi connectivity index (χ0) is 18.4. The van der Waals surface area contributed by atoms with Gasteiger partial charge < -0.3 is 4.90 Å². The highest BCUT2D eigenvalue weighted by molar-refractivity contribution is 6.31. The minimum atomic E-state index is -0.00466. The number of hydrogen-bond donors (Lipinski definition) is 0. The quantitative estimate of drug-likeness (QED) is 0.538. The zero-order valence-corrected chi connectivity index (χ0v) is 15.5. The van der Waals surface area contributed by atoms with Gasteiger partial charge in [-0.3, -0.25) is 14.2 Å². The molecule has 1 amide bonds. The van der Waals surface area contributed by atoms with Crippen LogP contribution in [0.4, 0.5) is 0 Å².